The van der Waals surface area contributed by atoms with Crippen LogP contribution in [-0.4, -0.2) is 20.2 Å². The summed E-state index contributed by atoms with van der Waals surface area (Å²) in [7, 11) is 0. The third-order valence-electron chi connectivity index (χ3n) is 4.51. The second-order valence-electron chi connectivity index (χ2n) is 6.97. The van der Waals surface area contributed by atoms with E-state index >= 15 is 0 Å². The van der Waals surface area contributed by atoms with E-state index in [0.717, 1.165) is 35.5 Å². The first-order valence-corrected chi connectivity index (χ1v) is 7.60. The van der Waals surface area contributed by atoms with Gasteiger partial charge in [0.1, 0.15) is 0 Å². The molecule has 1 fully saturated rings. The first-order valence-electron chi connectivity index (χ1n) is 7.60. The van der Waals surface area contributed by atoms with Crippen molar-refractivity contribution in [1.29, 1.82) is 0 Å². The Bertz CT molecular complexity index is 614. The highest BCUT2D eigenvalue weighted by atomic mass is 15.5. The molecule has 3 rings (SSSR count). The van der Waals surface area contributed by atoms with Crippen molar-refractivity contribution in [3.8, 4) is 11.4 Å². The number of nitrogens with zero attached hydrogens (tertiary/aromatic N) is 4. The van der Waals surface area contributed by atoms with Gasteiger partial charge in [0.25, 0.3) is 0 Å². The fraction of sp³-hybridized carbons (Fsp3) is 0.562. The molecule has 2 N–H and O–H groups in total. The average molecular weight is 285 g/mol. The van der Waals surface area contributed by atoms with Crippen molar-refractivity contribution >= 4 is 5.69 Å². The van der Waals surface area contributed by atoms with Crippen molar-refractivity contribution < 1.29 is 0 Å². The Morgan fingerprint density at radius 1 is 1.19 bits per heavy atom. The van der Waals surface area contributed by atoms with Gasteiger partial charge in [-0.2, -0.15) is 0 Å². The number of benzene rings is 1. The van der Waals surface area contributed by atoms with Gasteiger partial charge in [-0.25, -0.2) is 4.68 Å². The second kappa shape index (κ2) is 5.13. The standard InChI is InChI=1S/C16H23N5/c1-11-8-12(10-13(17)9-11)15-18-19-20-21(15)14-4-6-16(2,3)7-5-14/h8-10,14H,4-7,17H2,1-3H3. The van der Waals surface area contributed by atoms with E-state index in [2.05, 4.69) is 35.4 Å². The number of hydrogen-bond donors (Lipinski definition) is 1. The summed E-state index contributed by atoms with van der Waals surface area (Å²) in [6, 6.07) is 6.39. The quantitative estimate of drug-likeness (QED) is 0.859. The van der Waals surface area contributed by atoms with Gasteiger partial charge < -0.3 is 5.73 Å². The summed E-state index contributed by atoms with van der Waals surface area (Å²) in [4.78, 5) is 0. The van der Waals surface area contributed by atoms with Crippen LogP contribution in [-0.2, 0) is 0 Å². The maximum atomic E-state index is 5.95. The monoisotopic (exact) mass is 285 g/mol. The zero-order valence-electron chi connectivity index (χ0n) is 13.0. The third kappa shape index (κ3) is 2.91. The molecule has 5 heteroatoms. The molecule has 0 aliphatic heterocycles. The Morgan fingerprint density at radius 2 is 1.90 bits per heavy atom. The van der Waals surface area contributed by atoms with Gasteiger partial charge in [-0.15, -0.1) is 5.10 Å². The maximum absolute atomic E-state index is 5.95. The minimum Gasteiger partial charge on any atom is -0.399 e. The summed E-state index contributed by atoms with van der Waals surface area (Å²) in [6.45, 7) is 6.72. The first-order chi connectivity index (χ1) is 9.94. The van der Waals surface area contributed by atoms with Gasteiger partial charge >= 0.3 is 0 Å². The van der Waals surface area contributed by atoms with E-state index in [4.69, 9.17) is 5.73 Å². The number of nitrogen functional groups attached to an aromatic ring is 1. The molecule has 1 aromatic carbocycles. The van der Waals surface area contributed by atoms with Crippen LogP contribution in [0.2, 0.25) is 0 Å². The number of aryl methyl sites for hydroxylation is 1. The van der Waals surface area contributed by atoms with Crippen molar-refractivity contribution in [2.24, 2.45) is 5.41 Å². The van der Waals surface area contributed by atoms with Gasteiger partial charge in [0.2, 0.25) is 0 Å². The molecular weight excluding hydrogens is 262 g/mol. The van der Waals surface area contributed by atoms with Crippen LogP contribution >= 0.6 is 0 Å². The number of tetrazole rings is 1. The van der Waals surface area contributed by atoms with Crippen LogP contribution in [0, 0.1) is 12.3 Å². The van der Waals surface area contributed by atoms with Crippen molar-refractivity contribution in [2.45, 2.75) is 52.5 Å². The fourth-order valence-electron chi connectivity index (χ4n) is 3.20. The molecule has 0 bridgehead atoms. The van der Waals surface area contributed by atoms with Crippen LogP contribution in [0.4, 0.5) is 5.69 Å². The maximum Gasteiger partial charge on any atom is 0.182 e. The highest BCUT2D eigenvalue weighted by Gasteiger charge is 2.29. The molecule has 1 saturated carbocycles. The highest BCUT2D eigenvalue weighted by Crippen LogP contribution is 2.40. The molecule has 0 atom stereocenters. The van der Waals surface area contributed by atoms with Gasteiger partial charge in [-0.3, -0.25) is 0 Å². The molecule has 0 unspecified atom stereocenters. The van der Waals surface area contributed by atoms with Crippen LogP contribution in [0.25, 0.3) is 11.4 Å². The third-order valence-corrected chi connectivity index (χ3v) is 4.51. The molecule has 1 aliphatic carbocycles. The smallest absolute Gasteiger partial charge is 0.182 e. The lowest BCUT2D eigenvalue weighted by atomic mass is 9.75. The lowest BCUT2D eigenvalue weighted by molar-refractivity contribution is 0.185. The average Bonchev–Trinajstić information content (AvgIpc) is 2.86. The van der Waals surface area contributed by atoms with Crippen molar-refractivity contribution in [3.63, 3.8) is 0 Å². The van der Waals surface area contributed by atoms with E-state index in [-0.39, 0.29) is 0 Å². The van der Waals surface area contributed by atoms with Crippen LogP contribution < -0.4 is 5.73 Å². The molecular formula is C16H23N5. The Balaban J connectivity index is 1.91. The van der Waals surface area contributed by atoms with E-state index < -0.39 is 0 Å². The molecule has 1 aliphatic rings. The Hall–Kier alpha value is -1.91. The van der Waals surface area contributed by atoms with Crippen molar-refractivity contribution in [2.75, 3.05) is 5.73 Å². The van der Waals surface area contributed by atoms with Crippen molar-refractivity contribution in [1.82, 2.24) is 20.2 Å². The summed E-state index contributed by atoms with van der Waals surface area (Å²) in [6.07, 6.45) is 4.69. The normalized spacial score (nSPS) is 18.8. The van der Waals surface area contributed by atoms with Gasteiger partial charge in [-0.1, -0.05) is 13.8 Å². The number of nitrogens with two attached hydrogens (primary N) is 1. The minimum absolute atomic E-state index is 0.393. The highest BCUT2D eigenvalue weighted by molar-refractivity contribution is 5.62. The molecule has 0 spiro atoms. The number of hydrogen-bond acceptors (Lipinski definition) is 4. The molecule has 5 nitrogen and oxygen atoms in total. The second-order valence-corrected chi connectivity index (χ2v) is 6.97. The van der Waals surface area contributed by atoms with Crippen LogP contribution in [0.5, 0.6) is 0 Å². The van der Waals surface area contributed by atoms with Gasteiger partial charge in [0, 0.05) is 11.3 Å². The number of anilines is 1. The van der Waals surface area contributed by atoms with Crippen LogP contribution in [0.1, 0.15) is 51.1 Å². The predicted octanol–water partition coefficient (Wildman–Crippen LogP) is 3.37. The molecule has 21 heavy (non-hydrogen) atoms. The number of rotatable bonds is 2. The minimum atomic E-state index is 0.393. The molecule has 1 aromatic heterocycles. The zero-order valence-corrected chi connectivity index (χ0v) is 13.0. The van der Waals surface area contributed by atoms with Gasteiger partial charge in [0.15, 0.2) is 5.82 Å². The van der Waals surface area contributed by atoms with Gasteiger partial charge in [0.05, 0.1) is 6.04 Å². The Labute approximate surface area is 125 Å². The van der Waals surface area contributed by atoms with E-state index in [1.165, 1.54) is 12.8 Å². The van der Waals surface area contributed by atoms with E-state index in [1.807, 2.05) is 23.7 Å². The topological polar surface area (TPSA) is 69.6 Å². The molecule has 1 heterocycles. The SMILES string of the molecule is Cc1cc(N)cc(-c2nnnn2C2CCC(C)(C)CC2)c1. The Kier molecular flexibility index (Phi) is 3.43. The molecule has 0 amide bonds. The molecule has 0 saturated heterocycles. The number of aromatic nitrogens is 4. The lowest BCUT2D eigenvalue weighted by Gasteiger charge is -2.34. The van der Waals surface area contributed by atoms with E-state index in [0.29, 0.717) is 11.5 Å². The molecule has 0 radical (unpaired) electrons. The molecule has 112 valence electrons. The summed E-state index contributed by atoms with van der Waals surface area (Å²) in [5.41, 5.74) is 9.28. The summed E-state index contributed by atoms with van der Waals surface area (Å²) in [5, 5.41) is 12.4. The molecule has 2 aromatic rings. The Morgan fingerprint density at radius 3 is 2.57 bits per heavy atom. The first kappa shape index (κ1) is 14.0. The summed E-state index contributed by atoms with van der Waals surface area (Å²) >= 11 is 0. The lowest BCUT2D eigenvalue weighted by Crippen LogP contribution is -2.24. The largest absolute Gasteiger partial charge is 0.399 e. The van der Waals surface area contributed by atoms with Gasteiger partial charge in [-0.05, 0) is 72.2 Å². The van der Waals surface area contributed by atoms with Crippen molar-refractivity contribution in [3.05, 3.63) is 23.8 Å². The van der Waals surface area contributed by atoms with E-state index in [1.54, 1.807) is 0 Å². The predicted molar refractivity (Wildman–Crippen MR) is 83.7 cm³/mol. The van der Waals surface area contributed by atoms with Crippen LogP contribution in [0.3, 0.4) is 0 Å². The van der Waals surface area contributed by atoms with Crippen LogP contribution in [0.15, 0.2) is 18.2 Å². The summed E-state index contributed by atoms with van der Waals surface area (Å²) < 4.78 is 1.99. The van der Waals surface area contributed by atoms with E-state index in [9.17, 15) is 0 Å². The summed E-state index contributed by atoms with van der Waals surface area (Å²) in [5.74, 6) is 0.829. The fourth-order valence-corrected chi connectivity index (χ4v) is 3.20. The zero-order chi connectivity index (χ0) is 15.0.